The molecule has 2 heterocycles. The van der Waals surface area contributed by atoms with Crippen LogP contribution in [-0.4, -0.2) is 16.7 Å². The van der Waals surface area contributed by atoms with Crippen LogP contribution in [-0.2, 0) is 0 Å². The minimum absolute atomic E-state index is 0.0451. The number of nitrogens with one attached hydrogen (secondary N) is 1. The molecule has 0 spiro atoms. The van der Waals surface area contributed by atoms with Gasteiger partial charge in [0.2, 0.25) is 0 Å². The van der Waals surface area contributed by atoms with E-state index in [9.17, 15) is 9.50 Å². The molecule has 1 aromatic rings. The summed E-state index contributed by atoms with van der Waals surface area (Å²) in [7, 11) is 0. The van der Waals surface area contributed by atoms with Crippen molar-refractivity contribution in [3.05, 3.63) is 29.6 Å². The van der Waals surface area contributed by atoms with Crippen molar-refractivity contribution in [1.82, 2.24) is 5.32 Å². The van der Waals surface area contributed by atoms with Crippen molar-refractivity contribution in [2.75, 3.05) is 5.73 Å². The van der Waals surface area contributed by atoms with E-state index in [2.05, 4.69) is 12.2 Å². The molecule has 4 N–H and O–H groups in total. The van der Waals surface area contributed by atoms with Crippen molar-refractivity contribution in [3.63, 3.8) is 0 Å². The van der Waals surface area contributed by atoms with Crippen molar-refractivity contribution < 1.29 is 9.50 Å². The van der Waals surface area contributed by atoms with Gasteiger partial charge in [0.25, 0.3) is 0 Å². The summed E-state index contributed by atoms with van der Waals surface area (Å²) >= 11 is 0. The second kappa shape index (κ2) is 3.43. The molecule has 3 fully saturated rings. The first-order chi connectivity index (χ1) is 8.00. The van der Waals surface area contributed by atoms with Crippen LogP contribution in [0.1, 0.15) is 31.4 Å². The third kappa shape index (κ3) is 1.55. The van der Waals surface area contributed by atoms with Crippen molar-refractivity contribution in [1.29, 1.82) is 0 Å². The van der Waals surface area contributed by atoms with Crippen LogP contribution < -0.4 is 11.1 Å². The number of halogens is 1. The summed E-state index contributed by atoms with van der Waals surface area (Å²) in [6.45, 7) is 2.14. The first-order valence-electron chi connectivity index (χ1n) is 6.00. The minimum Gasteiger partial charge on any atom is -0.396 e. The molecule has 2 saturated heterocycles. The summed E-state index contributed by atoms with van der Waals surface area (Å²) in [6.07, 6.45) is 1.32. The van der Waals surface area contributed by atoms with E-state index in [4.69, 9.17) is 5.73 Å². The van der Waals surface area contributed by atoms with Crippen LogP contribution in [0.3, 0.4) is 0 Å². The third-order valence-corrected chi connectivity index (χ3v) is 4.17. The van der Waals surface area contributed by atoms with Gasteiger partial charge < -0.3 is 16.2 Å². The molecule has 4 heteroatoms. The summed E-state index contributed by atoms with van der Waals surface area (Å²) in [6, 6.07) is 4.75. The van der Waals surface area contributed by atoms with E-state index in [0.717, 1.165) is 12.8 Å². The monoisotopic (exact) mass is 236 g/mol. The van der Waals surface area contributed by atoms with Gasteiger partial charge in [0.1, 0.15) is 0 Å². The molecule has 2 bridgehead atoms. The van der Waals surface area contributed by atoms with E-state index in [0.29, 0.717) is 11.5 Å². The number of aliphatic hydroxyl groups is 1. The summed E-state index contributed by atoms with van der Waals surface area (Å²) in [5, 5.41) is 13.7. The largest absolute Gasteiger partial charge is 0.396 e. The number of fused-ring (bicyclic) bond motifs is 1. The van der Waals surface area contributed by atoms with Crippen molar-refractivity contribution in [2.24, 2.45) is 5.92 Å². The Balaban J connectivity index is 1.87. The molecule has 92 valence electrons. The van der Waals surface area contributed by atoms with Gasteiger partial charge in [-0.25, -0.2) is 4.39 Å². The lowest BCUT2D eigenvalue weighted by Crippen LogP contribution is -2.40. The molecule has 0 aromatic heterocycles. The Labute approximate surface area is 99.8 Å². The lowest BCUT2D eigenvalue weighted by atomic mass is 9.72. The fourth-order valence-corrected chi connectivity index (χ4v) is 3.32. The number of hydrogen-bond acceptors (Lipinski definition) is 3. The Morgan fingerprint density at radius 3 is 2.82 bits per heavy atom. The first kappa shape index (κ1) is 11.0. The van der Waals surface area contributed by atoms with Gasteiger partial charge >= 0.3 is 0 Å². The third-order valence-electron chi connectivity index (χ3n) is 4.17. The molecular weight excluding hydrogens is 219 g/mol. The number of nitrogens with two attached hydrogens (primary N) is 1. The van der Waals surface area contributed by atoms with Gasteiger partial charge in [-0.1, -0.05) is 12.1 Å². The van der Waals surface area contributed by atoms with Crippen LogP contribution in [0.15, 0.2) is 18.2 Å². The molecule has 4 rings (SSSR count). The summed E-state index contributed by atoms with van der Waals surface area (Å²) < 4.78 is 13.8. The van der Waals surface area contributed by atoms with E-state index in [-0.39, 0.29) is 17.3 Å². The van der Waals surface area contributed by atoms with E-state index in [1.54, 1.807) is 12.1 Å². The molecule has 3 nitrogen and oxygen atoms in total. The highest BCUT2D eigenvalue weighted by Crippen LogP contribution is 2.50. The highest BCUT2D eigenvalue weighted by Gasteiger charge is 2.54. The van der Waals surface area contributed by atoms with Crippen molar-refractivity contribution in [3.8, 4) is 0 Å². The Morgan fingerprint density at radius 1 is 1.53 bits per heavy atom. The number of rotatable bonds is 2. The van der Waals surface area contributed by atoms with Gasteiger partial charge in [-0.2, -0.15) is 0 Å². The van der Waals surface area contributed by atoms with Gasteiger partial charge in [-0.3, -0.25) is 0 Å². The highest BCUT2D eigenvalue weighted by molar-refractivity contribution is 5.44. The zero-order valence-electron chi connectivity index (χ0n) is 9.78. The maximum Gasteiger partial charge on any atom is 0.151 e. The Hall–Kier alpha value is -1.13. The van der Waals surface area contributed by atoms with E-state index in [1.165, 1.54) is 6.07 Å². The standard InChI is InChI=1S/C13H17FN2O/c1-13-5-7(6-13)11(16-13)12(17)8-3-2-4-9(15)10(8)14/h2-4,7,11-12,16-17H,5-6,15H2,1H3/t7?,11?,12-,13?/m0/s1. The molecule has 3 aliphatic rings. The number of hydrogen-bond donors (Lipinski definition) is 3. The Bertz CT molecular complexity index is 457. The quantitative estimate of drug-likeness (QED) is 0.683. The van der Waals surface area contributed by atoms with Crippen molar-refractivity contribution >= 4 is 5.69 Å². The number of benzene rings is 1. The molecule has 2 aliphatic heterocycles. The highest BCUT2D eigenvalue weighted by atomic mass is 19.1. The topological polar surface area (TPSA) is 58.3 Å². The van der Waals surface area contributed by atoms with Crippen LogP contribution in [0, 0.1) is 11.7 Å². The normalized spacial score (nSPS) is 36.6. The summed E-state index contributed by atoms with van der Waals surface area (Å²) in [4.78, 5) is 0. The van der Waals surface area contributed by atoms with E-state index < -0.39 is 11.9 Å². The lowest BCUT2D eigenvalue weighted by molar-refractivity contribution is 0.118. The van der Waals surface area contributed by atoms with Gasteiger partial charge in [-0.05, 0) is 31.7 Å². The molecule has 0 amide bonds. The number of aliphatic hydroxyl groups excluding tert-OH is 1. The molecule has 2 atom stereocenters. The van der Waals surface area contributed by atoms with E-state index >= 15 is 0 Å². The van der Waals surface area contributed by atoms with Crippen LogP contribution in [0.2, 0.25) is 0 Å². The SMILES string of the molecule is CC12CC(C1)C([C@@H](O)c1cccc(N)c1F)N2. The maximum absolute atomic E-state index is 13.8. The molecule has 17 heavy (non-hydrogen) atoms. The Kier molecular flexibility index (Phi) is 2.22. The van der Waals surface area contributed by atoms with Gasteiger partial charge in [0.15, 0.2) is 5.82 Å². The van der Waals surface area contributed by atoms with Crippen LogP contribution in [0.25, 0.3) is 0 Å². The van der Waals surface area contributed by atoms with Crippen LogP contribution >= 0.6 is 0 Å². The van der Waals surface area contributed by atoms with Crippen LogP contribution in [0.4, 0.5) is 10.1 Å². The molecule has 0 radical (unpaired) electrons. The van der Waals surface area contributed by atoms with Gasteiger partial charge in [-0.15, -0.1) is 0 Å². The maximum atomic E-state index is 13.8. The fraction of sp³-hybridized carbons (Fsp3) is 0.538. The molecule has 1 aromatic carbocycles. The van der Waals surface area contributed by atoms with Gasteiger partial charge in [0, 0.05) is 17.1 Å². The fourth-order valence-electron chi connectivity index (χ4n) is 3.32. The van der Waals surface area contributed by atoms with Crippen molar-refractivity contribution in [2.45, 2.75) is 37.5 Å². The molecule has 1 aliphatic carbocycles. The van der Waals surface area contributed by atoms with Gasteiger partial charge in [0.05, 0.1) is 11.8 Å². The first-order valence-corrected chi connectivity index (χ1v) is 6.00. The zero-order chi connectivity index (χ0) is 12.2. The lowest BCUT2D eigenvalue weighted by Gasteiger charge is -2.33. The number of nitrogen functional groups attached to an aromatic ring is 1. The van der Waals surface area contributed by atoms with Crippen LogP contribution in [0.5, 0.6) is 0 Å². The average Bonchev–Trinajstić information content (AvgIpc) is 2.74. The smallest absolute Gasteiger partial charge is 0.151 e. The predicted molar refractivity (Wildman–Crippen MR) is 63.8 cm³/mol. The Morgan fingerprint density at radius 2 is 2.24 bits per heavy atom. The zero-order valence-corrected chi connectivity index (χ0v) is 9.78. The second-order valence-electron chi connectivity index (χ2n) is 5.59. The number of anilines is 1. The second-order valence-corrected chi connectivity index (χ2v) is 5.59. The van der Waals surface area contributed by atoms with E-state index in [1.807, 2.05) is 0 Å². The molecule has 1 unspecified atom stereocenters. The summed E-state index contributed by atoms with van der Waals surface area (Å²) in [5.41, 5.74) is 6.07. The minimum atomic E-state index is -0.812. The molecular formula is C13H17FN2O. The molecule has 1 saturated carbocycles. The summed E-state index contributed by atoms with van der Waals surface area (Å²) in [5.74, 6) is -0.0353. The predicted octanol–water partition coefficient (Wildman–Crippen LogP) is 1.58. The average molecular weight is 236 g/mol.